The predicted molar refractivity (Wildman–Crippen MR) is 93.3 cm³/mol. The molecule has 4 bridgehead atoms. The Kier molecular flexibility index (Phi) is 4.94. The minimum atomic E-state index is -0.262. The highest BCUT2D eigenvalue weighted by molar-refractivity contribution is 5.84. The largest absolute Gasteiger partial charge is 0.469 e. The molecule has 4 heteroatoms. The third kappa shape index (κ3) is 3.09. The number of carbonyl (C=O) groups is 2. The minimum absolute atomic E-state index is 0.131. The van der Waals surface area contributed by atoms with Crippen LogP contribution in [0.2, 0.25) is 0 Å². The van der Waals surface area contributed by atoms with Gasteiger partial charge in [-0.05, 0) is 69.6 Å². The molecule has 0 radical (unpaired) electrons. The Bertz CT molecular complexity index is 466. The molecule has 136 valence electrons. The number of esters is 1. The van der Waals surface area contributed by atoms with E-state index in [1.54, 1.807) is 0 Å². The van der Waals surface area contributed by atoms with Crippen molar-refractivity contribution in [3.63, 3.8) is 0 Å². The molecular weight excluding hydrogens is 302 g/mol. The average Bonchev–Trinajstić information content (AvgIpc) is 2.56. The first-order chi connectivity index (χ1) is 11.4. The maximum atomic E-state index is 13.6. The first-order valence-corrected chi connectivity index (χ1v) is 9.77. The summed E-state index contributed by atoms with van der Waals surface area (Å²) in [5.41, 5.74) is -0.131. The summed E-state index contributed by atoms with van der Waals surface area (Å²) in [5.74, 6) is 2.13. The normalized spacial score (nSPS) is 36.2. The van der Waals surface area contributed by atoms with Gasteiger partial charge in [-0.15, -0.1) is 0 Å². The predicted octanol–water partition coefficient (Wildman–Crippen LogP) is 3.64. The monoisotopic (exact) mass is 335 g/mol. The molecule has 2 unspecified atom stereocenters. The molecule has 0 aromatic heterocycles. The third-order valence-electron chi connectivity index (χ3n) is 6.95. The molecule has 0 aliphatic heterocycles. The number of hydrogen-bond acceptors (Lipinski definition) is 3. The lowest BCUT2D eigenvalue weighted by Gasteiger charge is -2.57. The van der Waals surface area contributed by atoms with Crippen LogP contribution in [0.4, 0.5) is 0 Å². The first-order valence-electron chi connectivity index (χ1n) is 9.77. The summed E-state index contributed by atoms with van der Waals surface area (Å²) in [6.07, 6.45) is 8.19. The number of hydrogen-bond donors (Lipinski definition) is 0. The van der Waals surface area contributed by atoms with Crippen LogP contribution in [0.5, 0.6) is 0 Å². The van der Waals surface area contributed by atoms with Crippen molar-refractivity contribution >= 4 is 11.9 Å². The van der Waals surface area contributed by atoms with Crippen LogP contribution in [-0.2, 0) is 14.3 Å². The Morgan fingerprint density at radius 3 is 2.00 bits per heavy atom. The van der Waals surface area contributed by atoms with Crippen molar-refractivity contribution in [3.05, 3.63) is 0 Å². The topological polar surface area (TPSA) is 46.6 Å². The smallest absolute Gasteiger partial charge is 0.310 e. The van der Waals surface area contributed by atoms with E-state index in [0.29, 0.717) is 12.5 Å². The van der Waals surface area contributed by atoms with Crippen LogP contribution >= 0.6 is 0 Å². The van der Waals surface area contributed by atoms with Gasteiger partial charge in [0.15, 0.2) is 0 Å². The standard InChI is InChI=1S/C20H33NO3/c1-5-14(3)21(12-13(2)18(22)24-4)19(23)20-9-15-6-16(10-20)8-17(7-15)11-20/h13-17H,5-12H2,1-4H3. The van der Waals surface area contributed by atoms with E-state index in [-0.39, 0.29) is 23.3 Å². The molecule has 0 aromatic rings. The molecule has 4 saturated carbocycles. The quantitative estimate of drug-likeness (QED) is 0.696. The first kappa shape index (κ1) is 17.8. The van der Waals surface area contributed by atoms with Gasteiger partial charge in [-0.25, -0.2) is 0 Å². The number of nitrogens with zero attached hydrogens (tertiary/aromatic N) is 1. The van der Waals surface area contributed by atoms with Crippen molar-refractivity contribution in [1.29, 1.82) is 0 Å². The van der Waals surface area contributed by atoms with E-state index in [1.807, 2.05) is 11.8 Å². The van der Waals surface area contributed by atoms with Crippen molar-refractivity contribution in [2.45, 2.75) is 71.8 Å². The summed E-state index contributed by atoms with van der Waals surface area (Å²) < 4.78 is 4.88. The second-order valence-electron chi connectivity index (χ2n) is 8.84. The van der Waals surface area contributed by atoms with Gasteiger partial charge in [-0.1, -0.05) is 13.8 Å². The molecule has 1 amide bonds. The van der Waals surface area contributed by atoms with E-state index in [0.717, 1.165) is 43.4 Å². The molecule has 4 rings (SSSR count). The number of carbonyl (C=O) groups excluding carboxylic acids is 2. The van der Waals surface area contributed by atoms with E-state index >= 15 is 0 Å². The maximum Gasteiger partial charge on any atom is 0.310 e. The molecule has 4 nitrogen and oxygen atoms in total. The van der Waals surface area contributed by atoms with Crippen molar-refractivity contribution in [2.24, 2.45) is 29.1 Å². The summed E-state index contributed by atoms with van der Waals surface area (Å²) >= 11 is 0. The van der Waals surface area contributed by atoms with Crippen LogP contribution < -0.4 is 0 Å². The third-order valence-corrected chi connectivity index (χ3v) is 6.95. The van der Waals surface area contributed by atoms with E-state index < -0.39 is 0 Å². The molecule has 4 aliphatic carbocycles. The number of ether oxygens (including phenoxy) is 1. The average molecular weight is 335 g/mol. The highest BCUT2D eigenvalue weighted by Crippen LogP contribution is 2.60. The number of methoxy groups -OCH3 is 1. The second-order valence-corrected chi connectivity index (χ2v) is 8.84. The van der Waals surface area contributed by atoms with Crippen LogP contribution in [0.1, 0.15) is 65.7 Å². The second kappa shape index (κ2) is 6.68. The van der Waals surface area contributed by atoms with Crippen LogP contribution in [0.25, 0.3) is 0 Å². The summed E-state index contributed by atoms with van der Waals surface area (Å²) in [6.45, 7) is 6.59. The van der Waals surface area contributed by atoms with Gasteiger partial charge >= 0.3 is 5.97 Å². The lowest BCUT2D eigenvalue weighted by atomic mass is 9.49. The molecule has 0 heterocycles. The molecule has 0 N–H and O–H groups in total. The highest BCUT2D eigenvalue weighted by atomic mass is 16.5. The van der Waals surface area contributed by atoms with Gasteiger partial charge in [0.05, 0.1) is 18.4 Å². The van der Waals surface area contributed by atoms with Crippen molar-refractivity contribution in [2.75, 3.05) is 13.7 Å². The lowest BCUT2D eigenvalue weighted by Crippen LogP contribution is -2.57. The van der Waals surface area contributed by atoms with Gasteiger partial charge in [0, 0.05) is 12.6 Å². The molecule has 0 spiro atoms. The summed E-state index contributed by atoms with van der Waals surface area (Å²) in [6, 6.07) is 0.178. The van der Waals surface area contributed by atoms with Crippen LogP contribution in [0.3, 0.4) is 0 Å². The fraction of sp³-hybridized carbons (Fsp3) is 0.900. The van der Waals surface area contributed by atoms with Crippen molar-refractivity contribution in [3.8, 4) is 0 Å². The van der Waals surface area contributed by atoms with E-state index in [9.17, 15) is 9.59 Å². The summed E-state index contributed by atoms with van der Waals surface area (Å²) in [7, 11) is 1.42. The molecular formula is C20H33NO3. The number of rotatable bonds is 6. The van der Waals surface area contributed by atoms with Crippen molar-refractivity contribution in [1.82, 2.24) is 4.90 Å². The zero-order chi connectivity index (χ0) is 17.5. The van der Waals surface area contributed by atoms with Crippen LogP contribution in [0, 0.1) is 29.1 Å². The van der Waals surface area contributed by atoms with Gasteiger partial charge in [-0.3, -0.25) is 9.59 Å². The molecule has 24 heavy (non-hydrogen) atoms. The van der Waals surface area contributed by atoms with Gasteiger partial charge < -0.3 is 9.64 Å². The summed E-state index contributed by atoms with van der Waals surface area (Å²) in [4.78, 5) is 27.5. The lowest BCUT2D eigenvalue weighted by molar-refractivity contribution is -0.162. The minimum Gasteiger partial charge on any atom is -0.469 e. The highest BCUT2D eigenvalue weighted by Gasteiger charge is 2.56. The molecule has 2 atom stereocenters. The van der Waals surface area contributed by atoms with Crippen LogP contribution in [0.15, 0.2) is 0 Å². The van der Waals surface area contributed by atoms with Gasteiger partial charge in [0.25, 0.3) is 0 Å². The Labute approximate surface area is 146 Å². The molecule has 0 aromatic carbocycles. The zero-order valence-electron chi connectivity index (χ0n) is 15.7. The Morgan fingerprint density at radius 2 is 1.58 bits per heavy atom. The van der Waals surface area contributed by atoms with Gasteiger partial charge in [-0.2, -0.15) is 0 Å². The number of amides is 1. The maximum absolute atomic E-state index is 13.6. The summed E-state index contributed by atoms with van der Waals surface area (Å²) in [5, 5.41) is 0. The Hall–Kier alpha value is -1.06. The molecule has 4 fully saturated rings. The Morgan fingerprint density at radius 1 is 1.08 bits per heavy atom. The zero-order valence-corrected chi connectivity index (χ0v) is 15.7. The SMILES string of the molecule is CCC(C)N(CC(C)C(=O)OC)C(=O)C12CC3CC(CC(C3)C1)C2. The Balaban J connectivity index is 1.79. The van der Waals surface area contributed by atoms with E-state index in [4.69, 9.17) is 4.74 Å². The fourth-order valence-corrected chi connectivity index (χ4v) is 5.93. The van der Waals surface area contributed by atoms with Gasteiger partial charge in [0.1, 0.15) is 0 Å². The van der Waals surface area contributed by atoms with Crippen LogP contribution in [-0.4, -0.2) is 36.5 Å². The fourth-order valence-electron chi connectivity index (χ4n) is 5.93. The van der Waals surface area contributed by atoms with Gasteiger partial charge in [0.2, 0.25) is 5.91 Å². The van der Waals surface area contributed by atoms with E-state index in [2.05, 4.69) is 13.8 Å². The molecule has 4 aliphatic rings. The van der Waals surface area contributed by atoms with Crippen molar-refractivity contribution < 1.29 is 14.3 Å². The molecule has 0 saturated heterocycles. The van der Waals surface area contributed by atoms with E-state index in [1.165, 1.54) is 26.4 Å².